The normalized spacial score (nSPS) is 23.7. The maximum Gasteiger partial charge on any atom is 0.220 e. The molecule has 1 atom stereocenters. The third-order valence-corrected chi connectivity index (χ3v) is 5.72. The molecule has 2 aliphatic heterocycles. The molecule has 2 fully saturated rings. The Morgan fingerprint density at radius 2 is 2.27 bits per heavy atom. The lowest BCUT2D eigenvalue weighted by molar-refractivity contribution is -0.119. The van der Waals surface area contributed by atoms with E-state index in [4.69, 9.17) is 4.42 Å². The summed E-state index contributed by atoms with van der Waals surface area (Å²) in [4.78, 5) is 18.5. The summed E-state index contributed by atoms with van der Waals surface area (Å²) in [5, 5.41) is 7.61. The fraction of sp³-hybridized carbons (Fsp3) is 0.500. The maximum absolute atomic E-state index is 11.7. The zero-order valence-electron chi connectivity index (χ0n) is 15.5. The second kappa shape index (κ2) is 6.67. The number of fused-ring (bicyclic) bond motifs is 1. The van der Waals surface area contributed by atoms with E-state index in [1.54, 1.807) is 0 Å². The molecule has 26 heavy (non-hydrogen) atoms. The molecule has 2 saturated heterocycles. The SMILES string of the molecule is CN=C(NCc1oc2ccccc2c1C)N1CCCC2(CNC(=O)C2)C1. The molecule has 1 spiro atoms. The molecule has 2 aliphatic rings. The number of para-hydroxylation sites is 1. The van der Waals surface area contributed by atoms with Crippen LogP contribution in [0.5, 0.6) is 0 Å². The average Bonchev–Trinajstić information content (AvgIpc) is 3.16. The number of aryl methyl sites for hydroxylation is 1. The number of likely N-dealkylation sites (tertiary alicyclic amines) is 1. The highest BCUT2D eigenvalue weighted by molar-refractivity contribution is 5.83. The molecule has 0 radical (unpaired) electrons. The molecule has 1 unspecified atom stereocenters. The Labute approximate surface area is 153 Å². The predicted molar refractivity (Wildman–Crippen MR) is 102 cm³/mol. The van der Waals surface area contributed by atoms with Gasteiger partial charge in [-0.05, 0) is 25.8 Å². The van der Waals surface area contributed by atoms with Crippen molar-refractivity contribution in [3.63, 3.8) is 0 Å². The Hall–Kier alpha value is -2.50. The van der Waals surface area contributed by atoms with Crippen LogP contribution in [0.2, 0.25) is 0 Å². The zero-order valence-corrected chi connectivity index (χ0v) is 15.5. The molecule has 0 saturated carbocycles. The van der Waals surface area contributed by atoms with E-state index < -0.39 is 0 Å². The Bertz CT molecular complexity index is 857. The van der Waals surface area contributed by atoms with Gasteiger partial charge >= 0.3 is 0 Å². The van der Waals surface area contributed by atoms with Crippen molar-refractivity contribution < 1.29 is 9.21 Å². The van der Waals surface area contributed by atoms with Crippen LogP contribution in [0, 0.1) is 12.3 Å². The lowest BCUT2D eigenvalue weighted by atomic mass is 9.79. The number of carbonyl (C=O) groups excluding carboxylic acids is 1. The van der Waals surface area contributed by atoms with Crippen molar-refractivity contribution in [2.75, 3.05) is 26.7 Å². The van der Waals surface area contributed by atoms with Gasteiger partial charge in [-0.3, -0.25) is 9.79 Å². The number of furan rings is 1. The number of piperidine rings is 1. The van der Waals surface area contributed by atoms with Gasteiger partial charge in [0.1, 0.15) is 11.3 Å². The quantitative estimate of drug-likeness (QED) is 0.642. The van der Waals surface area contributed by atoms with Crippen molar-refractivity contribution in [3.05, 3.63) is 35.6 Å². The van der Waals surface area contributed by atoms with E-state index in [9.17, 15) is 4.79 Å². The number of carbonyl (C=O) groups is 1. The van der Waals surface area contributed by atoms with Gasteiger partial charge in [-0.2, -0.15) is 0 Å². The third-order valence-electron chi connectivity index (χ3n) is 5.72. The topological polar surface area (TPSA) is 69.9 Å². The summed E-state index contributed by atoms with van der Waals surface area (Å²) in [5.74, 6) is 1.99. The summed E-state index contributed by atoms with van der Waals surface area (Å²) in [5.41, 5.74) is 2.15. The fourth-order valence-corrected chi connectivity index (χ4v) is 4.31. The summed E-state index contributed by atoms with van der Waals surface area (Å²) in [7, 11) is 1.81. The first kappa shape index (κ1) is 16.9. The monoisotopic (exact) mass is 354 g/mol. The number of aliphatic imine (C=N–C) groups is 1. The Morgan fingerprint density at radius 1 is 1.42 bits per heavy atom. The number of rotatable bonds is 2. The number of nitrogens with one attached hydrogen (secondary N) is 2. The first-order chi connectivity index (χ1) is 12.6. The highest BCUT2D eigenvalue weighted by atomic mass is 16.3. The van der Waals surface area contributed by atoms with E-state index in [1.807, 2.05) is 25.2 Å². The van der Waals surface area contributed by atoms with Crippen LogP contribution in [0.25, 0.3) is 11.0 Å². The molecule has 6 nitrogen and oxygen atoms in total. The average molecular weight is 354 g/mol. The molecular weight excluding hydrogens is 328 g/mol. The first-order valence-corrected chi connectivity index (χ1v) is 9.30. The van der Waals surface area contributed by atoms with Gasteiger partial charge < -0.3 is 20.0 Å². The van der Waals surface area contributed by atoms with Gasteiger partial charge in [0.2, 0.25) is 5.91 Å². The summed E-state index contributed by atoms with van der Waals surface area (Å²) in [6, 6.07) is 8.11. The van der Waals surface area contributed by atoms with E-state index >= 15 is 0 Å². The largest absolute Gasteiger partial charge is 0.459 e. The molecule has 1 aromatic carbocycles. The van der Waals surface area contributed by atoms with Crippen molar-refractivity contribution in [2.24, 2.45) is 10.4 Å². The molecule has 6 heteroatoms. The van der Waals surface area contributed by atoms with Crippen LogP contribution < -0.4 is 10.6 Å². The summed E-state index contributed by atoms with van der Waals surface area (Å²) >= 11 is 0. The van der Waals surface area contributed by atoms with E-state index in [0.717, 1.165) is 55.2 Å². The molecule has 0 bridgehead atoms. The molecule has 4 rings (SSSR count). The number of benzene rings is 1. The molecule has 138 valence electrons. The third kappa shape index (κ3) is 3.04. The van der Waals surface area contributed by atoms with Gasteiger partial charge in [0.25, 0.3) is 0 Å². The number of hydrogen-bond acceptors (Lipinski definition) is 3. The second-order valence-corrected chi connectivity index (χ2v) is 7.53. The summed E-state index contributed by atoms with van der Waals surface area (Å²) in [6.45, 7) is 5.31. The highest BCUT2D eigenvalue weighted by Crippen LogP contribution is 2.36. The van der Waals surface area contributed by atoms with E-state index in [0.29, 0.717) is 13.0 Å². The molecule has 1 aromatic heterocycles. The van der Waals surface area contributed by atoms with Gasteiger partial charge in [-0.1, -0.05) is 18.2 Å². The van der Waals surface area contributed by atoms with Crippen LogP contribution in [0.15, 0.2) is 33.7 Å². The standard InChI is InChI=1S/C20H26N4O2/c1-14-15-6-3-4-7-16(15)26-17(14)11-22-19(21-2)24-9-5-8-20(13-24)10-18(25)23-12-20/h3-4,6-7H,5,8-13H2,1-2H3,(H,21,22)(H,23,25). The van der Waals surface area contributed by atoms with Crippen LogP contribution in [0.4, 0.5) is 0 Å². The second-order valence-electron chi connectivity index (χ2n) is 7.53. The van der Waals surface area contributed by atoms with Crippen molar-refractivity contribution in [1.29, 1.82) is 0 Å². The smallest absolute Gasteiger partial charge is 0.220 e. The lowest BCUT2D eigenvalue weighted by Crippen LogP contribution is -2.51. The lowest BCUT2D eigenvalue weighted by Gasteiger charge is -2.40. The van der Waals surface area contributed by atoms with E-state index in [2.05, 4.69) is 33.5 Å². The van der Waals surface area contributed by atoms with Crippen molar-refractivity contribution in [2.45, 2.75) is 32.7 Å². The number of amides is 1. The Kier molecular flexibility index (Phi) is 4.34. The predicted octanol–water partition coefficient (Wildman–Crippen LogP) is 2.42. The van der Waals surface area contributed by atoms with Gasteiger partial charge in [0, 0.05) is 49.5 Å². The molecule has 0 aliphatic carbocycles. The molecular formula is C20H26N4O2. The van der Waals surface area contributed by atoms with Crippen LogP contribution in [-0.4, -0.2) is 43.4 Å². The Morgan fingerprint density at radius 3 is 3.00 bits per heavy atom. The van der Waals surface area contributed by atoms with E-state index in [-0.39, 0.29) is 11.3 Å². The van der Waals surface area contributed by atoms with Gasteiger partial charge in [0.15, 0.2) is 5.96 Å². The summed E-state index contributed by atoms with van der Waals surface area (Å²) < 4.78 is 6.00. The number of guanidine groups is 1. The van der Waals surface area contributed by atoms with Gasteiger partial charge in [-0.15, -0.1) is 0 Å². The van der Waals surface area contributed by atoms with Gasteiger partial charge in [-0.25, -0.2) is 0 Å². The maximum atomic E-state index is 11.7. The van der Waals surface area contributed by atoms with Gasteiger partial charge in [0.05, 0.1) is 6.54 Å². The number of hydrogen-bond donors (Lipinski definition) is 2. The van der Waals surface area contributed by atoms with Crippen molar-refractivity contribution >= 4 is 22.8 Å². The molecule has 2 aromatic rings. The molecule has 1 amide bonds. The first-order valence-electron chi connectivity index (χ1n) is 9.30. The fourth-order valence-electron chi connectivity index (χ4n) is 4.31. The number of nitrogens with zero attached hydrogens (tertiary/aromatic N) is 2. The van der Waals surface area contributed by atoms with Crippen LogP contribution in [0.1, 0.15) is 30.6 Å². The minimum absolute atomic E-state index is 0.0578. The highest BCUT2D eigenvalue weighted by Gasteiger charge is 2.42. The summed E-state index contributed by atoms with van der Waals surface area (Å²) in [6.07, 6.45) is 2.81. The Balaban J connectivity index is 1.46. The van der Waals surface area contributed by atoms with Crippen LogP contribution in [-0.2, 0) is 11.3 Å². The van der Waals surface area contributed by atoms with Crippen molar-refractivity contribution in [1.82, 2.24) is 15.5 Å². The molecule has 3 heterocycles. The van der Waals surface area contributed by atoms with Crippen molar-refractivity contribution in [3.8, 4) is 0 Å². The van der Waals surface area contributed by atoms with Crippen LogP contribution >= 0.6 is 0 Å². The van der Waals surface area contributed by atoms with Crippen LogP contribution in [0.3, 0.4) is 0 Å². The minimum Gasteiger partial charge on any atom is -0.459 e. The zero-order chi connectivity index (χ0) is 18.1. The minimum atomic E-state index is 0.0578. The molecule has 2 N–H and O–H groups in total. The van der Waals surface area contributed by atoms with E-state index in [1.165, 1.54) is 5.56 Å².